The van der Waals surface area contributed by atoms with E-state index in [0.717, 1.165) is 0 Å². The van der Waals surface area contributed by atoms with Gasteiger partial charge in [0.05, 0.1) is 10.0 Å². The molecule has 0 spiro atoms. The highest BCUT2D eigenvalue weighted by Gasteiger charge is 2.39. The minimum atomic E-state index is -4.42. The minimum absolute atomic E-state index is 0.00512. The summed E-state index contributed by atoms with van der Waals surface area (Å²) in [7, 11) is 0. The summed E-state index contributed by atoms with van der Waals surface area (Å²) in [4.78, 5) is 0. The second-order valence-corrected chi connectivity index (χ2v) is 5.85. The molecule has 15 heavy (non-hydrogen) atoms. The molecule has 0 N–H and O–H groups in total. The summed E-state index contributed by atoms with van der Waals surface area (Å²) in [5.74, 6) is 0. The number of hydrogen-bond donors (Lipinski definition) is 0. The first-order valence-corrected chi connectivity index (χ1v) is 5.94. The summed E-state index contributed by atoms with van der Waals surface area (Å²) >= 11 is 4.76. The molecule has 0 aliphatic heterocycles. The monoisotopic (exact) mass is 396 g/mol. The molecule has 1 heterocycles. The van der Waals surface area contributed by atoms with Crippen LogP contribution in [0.25, 0.3) is 0 Å². The van der Waals surface area contributed by atoms with Crippen LogP contribution in [0.2, 0.25) is 0 Å². The lowest BCUT2D eigenvalue weighted by atomic mass is 10.1. The first kappa shape index (κ1) is 13.3. The zero-order chi connectivity index (χ0) is 12.0. The van der Waals surface area contributed by atoms with Crippen LogP contribution < -0.4 is 0 Å². The van der Waals surface area contributed by atoms with Crippen molar-refractivity contribution in [2.75, 3.05) is 0 Å². The highest BCUT2D eigenvalue weighted by Crippen LogP contribution is 2.37. The molecule has 0 aliphatic carbocycles. The van der Waals surface area contributed by atoms with Gasteiger partial charge in [0.1, 0.15) is 3.70 Å². The number of hydrogen-bond acceptors (Lipinski definition) is 1. The standard InChI is InChI=1S/C8H9BrF3IN2/c1-7(2,3)15-6(13)4(9)5(14-15)8(10,11)12/h1-3H3. The summed E-state index contributed by atoms with van der Waals surface area (Å²) in [5, 5.41) is 3.59. The smallest absolute Gasteiger partial charge is 0.252 e. The molecular weight excluding hydrogens is 388 g/mol. The van der Waals surface area contributed by atoms with Crippen LogP contribution in [-0.4, -0.2) is 9.78 Å². The maximum absolute atomic E-state index is 12.5. The second kappa shape index (κ2) is 3.90. The molecule has 0 aromatic carbocycles. The molecule has 0 bridgehead atoms. The van der Waals surface area contributed by atoms with Crippen LogP contribution >= 0.6 is 38.5 Å². The highest BCUT2D eigenvalue weighted by molar-refractivity contribution is 14.1. The lowest BCUT2D eigenvalue weighted by Gasteiger charge is -2.20. The van der Waals surface area contributed by atoms with Gasteiger partial charge in [-0.05, 0) is 59.3 Å². The number of nitrogens with zero attached hydrogens (tertiary/aromatic N) is 2. The third-order valence-electron chi connectivity index (χ3n) is 1.68. The molecule has 0 fully saturated rings. The normalized spacial score (nSPS) is 13.3. The summed E-state index contributed by atoms with van der Waals surface area (Å²) < 4.78 is 39.4. The fourth-order valence-electron chi connectivity index (χ4n) is 1.00. The quantitative estimate of drug-likeness (QED) is 0.605. The van der Waals surface area contributed by atoms with Gasteiger partial charge in [0, 0.05) is 0 Å². The lowest BCUT2D eigenvalue weighted by molar-refractivity contribution is -0.142. The van der Waals surface area contributed by atoms with E-state index in [0.29, 0.717) is 3.70 Å². The first-order valence-electron chi connectivity index (χ1n) is 4.07. The van der Waals surface area contributed by atoms with Gasteiger partial charge in [-0.25, -0.2) is 0 Å². The van der Waals surface area contributed by atoms with Crippen LogP contribution in [0.3, 0.4) is 0 Å². The molecule has 1 rings (SSSR count). The topological polar surface area (TPSA) is 17.8 Å². The van der Waals surface area contributed by atoms with Crippen molar-refractivity contribution in [1.82, 2.24) is 9.78 Å². The Morgan fingerprint density at radius 3 is 1.93 bits per heavy atom. The Balaban J connectivity index is 3.38. The van der Waals surface area contributed by atoms with E-state index < -0.39 is 17.4 Å². The molecule has 1 aromatic rings. The molecule has 0 saturated carbocycles. The van der Waals surface area contributed by atoms with E-state index in [1.807, 2.05) is 22.6 Å². The van der Waals surface area contributed by atoms with Crippen LogP contribution in [0.4, 0.5) is 13.2 Å². The Hall–Kier alpha value is 0.210. The zero-order valence-electron chi connectivity index (χ0n) is 8.28. The van der Waals surface area contributed by atoms with Crippen molar-refractivity contribution in [3.8, 4) is 0 Å². The number of rotatable bonds is 0. The Morgan fingerprint density at radius 1 is 1.27 bits per heavy atom. The fourth-order valence-corrected chi connectivity index (χ4v) is 2.56. The molecule has 0 amide bonds. The van der Waals surface area contributed by atoms with E-state index in [9.17, 15) is 13.2 Å². The number of halogens is 5. The van der Waals surface area contributed by atoms with Crippen LogP contribution in [-0.2, 0) is 11.7 Å². The highest BCUT2D eigenvalue weighted by atomic mass is 127. The molecule has 0 unspecified atom stereocenters. The summed E-state index contributed by atoms with van der Waals surface area (Å²) in [5.41, 5.74) is -1.34. The molecule has 86 valence electrons. The Labute approximate surface area is 107 Å². The molecular formula is C8H9BrF3IN2. The van der Waals surface area contributed by atoms with Gasteiger partial charge in [-0.3, -0.25) is 4.68 Å². The Bertz CT molecular complexity index is 344. The largest absolute Gasteiger partial charge is 0.436 e. The average molecular weight is 397 g/mol. The molecule has 7 heteroatoms. The van der Waals surface area contributed by atoms with Crippen molar-refractivity contribution in [2.45, 2.75) is 32.5 Å². The molecule has 0 aliphatic rings. The lowest BCUT2D eigenvalue weighted by Crippen LogP contribution is -2.25. The van der Waals surface area contributed by atoms with Crippen molar-refractivity contribution >= 4 is 38.5 Å². The summed E-state index contributed by atoms with van der Waals surface area (Å²) in [6, 6.07) is 0. The van der Waals surface area contributed by atoms with Gasteiger partial charge >= 0.3 is 6.18 Å². The summed E-state index contributed by atoms with van der Waals surface area (Å²) in [6.45, 7) is 5.40. The van der Waals surface area contributed by atoms with Crippen LogP contribution in [0.1, 0.15) is 26.5 Å². The van der Waals surface area contributed by atoms with Gasteiger partial charge in [0.2, 0.25) is 0 Å². The van der Waals surface area contributed by atoms with Crippen molar-refractivity contribution in [1.29, 1.82) is 0 Å². The summed E-state index contributed by atoms with van der Waals surface area (Å²) in [6.07, 6.45) is -4.42. The van der Waals surface area contributed by atoms with E-state index in [1.54, 1.807) is 20.8 Å². The SMILES string of the molecule is CC(C)(C)n1nc(C(F)(F)F)c(Br)c1I. The van der Waals surface area contributed by atoms with Crippen molar-refractivity contribution in [3.63, 3.8) is 0 Å². The Morgan fingerprint density at radius 2 is 1.73 bits per heavy atom. The maximum atomic E-state index is 12.5. The van der Waals surface area contributed by atoms with Crippen molar-refractivity contribution in [3.05, 3.63) is 13.9 Å². The van der Waals surface area contributed by atoms with E-state index in [4.69, 9.17) is 0 Å². The second-order valence-electron chi connectivity index (χ2n) is 4.03. The average Bonchev–Trinajstić information content (AvgIpc) is 2.26. The number of alkyl halides is 3. The predicted octanol–water partition coefficient (Wildman–Crippen LogP) is 4.02. The van der Waals surface area contributed by atoms with Gasteiger partial charge in [0.25, 0.3) is 0 Å². The van der Waals surface area contributed by atoms with Gasteiger partial charge in [0.15, 0.2) is 5.69 Å². The Kier molecular flexibility index (Phi) is 3.45. The molecule has 0 atom stereocenters. The fraction of sp³-hybridized carbons (Fsp3) is 0.625. The third-order valence-corrected chi connectivity index (χ3v) is 4.17. The maximum Gasteiger partial charge on any atom is 0.436 e. The van der Waals surface area contributed by atoms with Crippen LogP contribution in [0.15, 0.2) is 4.47 Å². The van der Waals surface area contributed by atoms with Crippen molar-refractivity contribution in [2.24, 2.45) is 0 Å². The van der Waals surface area contributed by atoms with Gasteiger partial charge in [-0.15, -0.1) is 0 Å². The van der Waals surface area contributed by atoms with Gasteiger partial charge in [-0.1, -0.05) is 0 Å². The van der Waals surface area contributed by atoms with Gasteiger partial charge in [-0.2, -0.15) is 18.3 Å². The molecule has 0 saturated heterocycles. The zero-order valence-corrected chi connectivity index (χ0v) is 12.0. The molecule has 2 nitrogen and oxygen atoms in total. The van der Waals surface area contributed by atoms with Crippen LogP contribution in [0.5, 0.6) is 0 Å². The third kappa shape index (κ3) is 2.66. The van der Waals surface area contributed by atoms with Crippen molar-refractivity contribution < 1.29 is 13.2 Å². The van der Waals surface area contributed by atoms with E-state index in [2.05, 4.69) is 21.0 Å². The van der Waals surface area contributed by atoms with E-state index in [-0.39, 0.29) is 4.47 Å². The first-order chi connectivity index (χ1) is 6.55. The molecule has 0 radical (unpaired) electrons. The van der Waals surface area contributed by atoms with E-state index in [1.165, 1.54) is 4.68 Å². The van der Waals surface area contributed by atoms with E-state index >= 15 is 0 Å². The van der Waals surface area contributed by atoms with Crippen LogP contribution in [0, 0.1) is 3.70 Å². The predicted molar refractivity (Wildman–Crippen MR) is 62.6 cm³/mol. The van der Waals surface area contributed by atoms with Gasteiger partial charge < -0.3 is 0 Å². The minimum Gasteiger partial charge on any atom is -0.252 e. The number of aromatic nitrogens is 2. The molecule has 1 aromatic heterocycles.